The second-order valence-electron chi connectivity index (χ2n) is 7.09. The predicted octanol–water partition coefficient (Wildman–Crippen LogP) is 1.31. The van der Waals surface area contributed by atoms with Gasteiger partial charge in [-0.3, -0.25) is 14.7 Å². The molecule has 0 saturated carbocycles. The maximum atomic E-state index is 13.3. The van der Waals surface area contributed by atoms with Gasteiger partial charge in [0.05, 0.1) is 30.8 Å². The minimum atomic E-state index is -0.426. The second kappa shape index (κ2) is 9.06. The Bertz CT molecular complexity index is 989. The maximum absolute atomic E-state index is 13.3. The molecule has 156 valence electrons. The summed E-state index contributed by atoms with van der Waals surface area (Å²) in [6, 6.07) is 8.32. The number of amides is 1. The first-order valence-corrected chi connectivity index (χ1v) is 9.70. The van der Waals surface area contributed by atoms with Gasteiger partial charge in [-0.15, -0.1) is 5.10 Å². The number of benzene rings is 1. The van der Waals surface area contributed by atoms with Crippen LogP contribution in [0.3, 0.4) is 0 Å². The minimum absolute atomic E-state index is 0.193. The van der Waals surface area contributed by atoms with Crippen molar-refractivity contribution in [3.05, 3.63) is 54.2 Å². The average molecular weight is 411 g/mol. The summed E-state index contributed by atoms with van der Waals surface area (Å²) in [5, 5.41) is 14.2. The van der Waals surface area contributed by atoms with Gasteiger partial charge in [-0.05, 0) is 47.7 Å². The van der Waals surface area contributed by atoms with Crippen LogP contribution in [0.1, 0.15) is 17.3 Å². The van der Waals surface area contributed by atoms with Crippen molar-refractivity contribution in [3.63, 3.8) is 0 Å². The molecule has 1 fully saturated rings. The second-order valence-corrected chi connectivity index (χ2v) is 7.09. The third-order valence-electron chi connectivity index (χ3n) is 5.04. The first-order chi connectivity index (χ1) is 14.6. The highest BCUT2D eigenvalue weighted by molar-refractivity contribution is 5.96. The van der Waals surface area contributed by atoms with Crippen molar-refractivity contribution >= 4 is 5.91 Å². The highest BCUT2D eigenvalue weighted by Gasteiger charge is 2.18. The molecular weight excluding hydrogens is 389 g/mol. The molecule has 1 atom stereocenters. The van der Waals surface area contributed by atoms with E-state index in [1.807, 2.05) is 0 Å². The molecule has 9 nitrogen and oxygen atoms in total. The Kier molecular flexibility index (Phi) is 6.05. The number of ether oxygens (including phenoxy) is 1. The molecule has 3 heterocycles. The summed E-state index contributed by atoms with van der Waals surface area (Å²) >= 11 is 0. The number of aromatic nitrogens is 5. The number of tetrazole rings is 1. The van der Waals surface area contributed by atoms with Crippen molar-refractivity contribution in [3.8, 4) is 16.9 Å². The number of rotatable bonds is 6. The fraction of sp³-hybridized carbons (Fsp3) is 0.350. The van der Waals surface area contributed by atoms with E-state index in [9.17, 15) is 9.18 Å². The number of carbonyl (C=O) groups is 1. The van der Waals surface area contributed by atoms with Crippen LogP contribution in [0.2, 0.25) is 0 Å². The van der Waals surface area contributed by atoms with E-state index in [1.54, 1.807) is 24.3 Å². The molecule has 0 bridgehead atoms. The molecule has 1 aliphatic rings. The van der Waals surface area contributed by atoms with Crippen LogP contribution < -0.4 is 5.32 Å². The van der Waals surface area contributed by atoms with Gasteiger partial charge < -0.3 is 10.1 Å². The number of carbonyl (C=O) groups excluding carboxylic acids is 1. The summed E-state index contributed by atoms with van der Waals surface area (Å²) in [6.45, 7) is 5.72. The molecule has 1 aromatic carbocycles. The standard InChI is InChI=1S/C20H22FN7O2/c1-14(27-4-6-30-7-5-27)11-23-20(29)16-8-15(19-3-2-17(21)12-22-19)9-18(10-16)28-13-24-25-26-28/h2-3,8-10,12-14H,4-7,11H2,1H3,(H,23,29). The van der Waals surface area contributed by atoms with Crippen molar-refractivity contribution in [1.29, 1.82) is 0 Å². The van der Waals surface area contributed by atoms with E-state index in [1.165, 1.54) is 17.1 Å². The van der Waals surface area contributed by atoms with Gasteiger partial charge in [-0.25, -0.2) is 9.07 Å². The number of morpholine rings is 1. The van der Waals surface area contributed by atoms with Crippen LogP contribution in [0.5, 0.6) is 0 Å². The number of pyridine rings is 1. The van der Waals surface area contributed by atoms with Crippen LogP contribution in [0.4, 0.5) is 4.39 Å². The summed E-state index contributed by atoms with van der Waals surface area (Å²) in [4.78, 5) is 19.3. The molecule has 0 aliphatic carbocycles. The Hall–Kier alpha value is -3.24. The third kappa shape index (κ3) is 4.66. The van der Waals surface area contributed by atoms with Gasteiger partial charge in [0.25, 0.3) is 5.91 Å². The van der Waals surface area contributed by atoms with E-state index in [0.29, 0.717) is 42.3 Å². The van der Waals surface area contributed by atoms with Crippen molar-refractivity contribution in [2.24, 2.45) is 0 Å². The maximum Gasteiger partial charge on any atom is 0.251 e. The third-order valence-corrected chi connectivity index (χ3v) is 5.04. The largest absolute Gasteiger partial charge is 0.379 e. The van der Waals surface area contributed by atoms with E-state index in [2.05, 4.69) is 37.6 Å². The number of nitrogens with one attached hydrogen (secondary N) is 1. The Morgan fingerprint density at radius 2 is 2.10 bits per heavy atom. The van der Waals surface area contributed by atoms with Crippen LogP contribution >= 0.6 is 0 Å². The van der Waals surface area contributed by atoms with Crippen LogP contribution in [0.25, 0.3) is 16.9 Å². The lowest BCUT2D eigenvalue weighted by molar-refractivity contribution is 0.0204. The number of nitrogens with zero attached hydrogens (tertiary/aromatic N) is 6. The average Bonchev–Trinajstić information content (AvgIpc) is 3.33. The SMILES string of the molecule is CC(CNC(=O)c1cc(-c2ccc(F)cn2)cc(-n2cnnn2)c1)N1CCOCC1. The lowest BCUT2D eigenvalue weighted by Crippen LogP contribution is -2.47. The Morgan fingerprint density at radius 3 is 2.80 bits per heavy atom. The smallest absolute Gasteiger partial charge is 0.251 e. The van der Waals surface area contributed by atoms with Gasteiger partial charge >= 0.3 is 0 Å². The molecule has 1 aliphatic heterocycles. The molecular formula is C20H22FN7O2. The molecule has 2 aromatic heterocycles. The topological polar surface area (TPSA) is 98.1 Å². The fourth-order valence-corrected chi connectivity index (χ4v) is 3.34. The van der Waals surface area contributed by atoms with Crippen molar-refractivity contribution in [1.82, 2.24) is 35.4 Å². The molecule has 30 heavy (non-hydrogen) atoms. The highest BCUT2D eigenvalue weighted by atomic mass is 19.1. The molecule has 3 aromatic rings. The molecule has 1 amide bonds. The van der Waals surface area contributed by atoms with E-state index in [-0.39, 0.29) is 11.9 Å². The van der Waals surface area contributed by atoms with Gasteiger partial charge in [0.1, 0.15) is 12.1 Å². The molecule has 1 saturated heterocycles. The van der Waals surface area contributed by atoms with Gasteiger partial charge in [0.15, 0.2) is 0 Å². The van der Waals surface area contributed by atoms with Gasteiger partial charge in [-0.2, -0.15) is 0 Å². The fourth-order valence-electron chi connectivity index (χ4n) is 3.34. The van der Waals surface area contributed by atoms with Crippen LogP contribution in [-0.4, -0.2) is 74.9 Å². The van der Waals surface area contributed by atoms with Crippen LogP contribution in [0, 0.1) is 5.82 Å². The Morgan fingerprint density at radius 1 is 1.27 bits per heavy atom. The molecule has 0 radical (unpaired) electrons. The zero-order valence-electron chi connectivity index (χ0n) is 16.5. The summed E-state index contributed by atoms with van der Waals surface area (Å²) in [5.74, 6) is -0.640. The van der Waals surface area contributed by atoms with Crippen LogP contribution in [-0.2, 0) is 4.74 Å². The first kappa shape index (κ1) is 20.0. The zero-order valence-corrected chi connectivity index (χ0v) is 16.5. The van der Waals surface area contributed by atoms with Crippen molar-refractivity contribution in [2.45, 2.75) is 13.0 Å². The monoisotopic (exact) mass is 411 g/mol. The number of hydrogen-bond acceptors (Lipinski definition) is 7. The molecule has 10 heteroatoms. The lowest BCUT2D eigenvalue weighted by Gasteiger charge is -2.32. The summed E-state index contributed by atoms with van der Waals surface area (Å²) < 4.78 is 20.1. The van der Waals surface area contributed by atoms with Crippen molar-refractivity contribution in [2.75, 3.05) is 32.8 Å². The van der Waals surface area contributed by atoms with Crippen molar-refractivity contribution < 1.29 is 13.9 Å². The summed E-state index contributed by atoms with van der Waals surface area (Å²) in [6.07, 6.45) is 2.59. The minimum Gasteiger partial charge on any atom is -0.379 e. The molecule has 1 unspecified atom stereocenters. The van der Waals surface area contributed by atoms with Crippen LogP contribution in [0.15, 0.2) is 42.9 Å². The normalized spacial score (nSPS) is 15.7. The van der Waals surface area contributed by atoms with E-state index in [4.69, 9.17) is 4.74 Å². The quantitative estimate of drug-likeness (QED) is 0.653. The van der Waals surface area contributed by atoms with E-state index >= 15 is 0 Å². The Balaban J connectivity index is 1.56. The first-order valence-electron chi connectivity index (χ1n) is 9.70. The highest BCUT2D eigenvalue weighted by Crippen LogP contribution is 2.23. The summed E-state index contributed by atoms with van der Waals surface area (Å²) in [5.41, 5.74) is 2.25. The molecule has 1 N–H and O–H groups in total. The van der Waals surface area contributed by atoms with Gasteiger partial charge in [0, 0.05) is 36.8 Å². The lowest BCUT2D eigenvalue weighted by atomic mass is 10.1. The van der Waals surface area contributed by atoms with E-state index < -0.39 is 5.82 Å². The van der Waals surface area contributed by atoms with Gasteiger partial charge in [0.2, 0.25) is 0 Å². The number of hydrogen-bond donors (Lipinski definition) is 1. The molecule has 0 spiro atoms. The predicted molar refractivity (Wildman–Crippen MR) is 107 cm³/mol. The zero-order chi connectivity index (χ0) is 20.9. The number of halogens is 1. The Labute approximate surface area is 172 Å². The summed E-state index contributed by atoms with van der Waals surface area (Å²) in [7, 11) is 0. The van der Waals surface area contributed by atoms with E-state index in [0.717, 1.165) is 19.3 Å². The van der Waals surface area contributed by atoms with Gasteiger partial charge in [-0.1, -0.05) is 0 Å². The molecule has 4 rings (SSSR count).